The van der Waals surface area contributed by atoms with Gasteiger partial charge in [0.2, 0.25) is 0 Å². The summed E-state index contributed by atoms with van der Waals surface area (Å²) >= 11 is 0. The highest BCUT2D eigenvalue weighted by atomic mass is 16.5. The summed E-state index contributed by atoms with van der Waals surface area (Å²) in [5.41, 5.74) is 2.01. The summed E-state index contributed by atoms with van der Waals surface area (Å²) in [5, 5.41) is 37.8. The Kier molecular flexibility index (Phi) is 9.64. The molecule has 0 aliphatic carbocycles. The molecule has 0 saturated heterocycles. The highest BCUT2D eigenvalue weighted by Gasteiger charge is 2.18. The van der Waals surface area contributed by atoms with Crippen molar-refractivity contribution >= 4 is 5.97 Å². The van der Waals surface area contributed by atoms with Crippen LogP contribution in [-0.2, 0) is 11.2 Å². The lowest BCUT2D eigenvalue weighted by atomic mass is 10.0. The number of aryl methyl sites for hydroxylation is 1. The van der Waals surface area contributed by atoms with E-state index in [1.807, 2.05) is 6.07 Å². The zero-order chi connectivity index (χ0) is 21.9. The van der Waals surface area contributed by atoms with Crippen molar-refractivity contribution in [1.29, 1.82) is 0 Å². The number of aliphatic hydroxyl groups excluding tert-OH is 1. The van der Waals surface area contributed by atoms with Crippen LogP contribution in [0.15, 0.2) is 42.5 Å². The smallest absolute Gasteiger partial charge is 0.335 e. The fraction of sp³-hybridized carbons (Fsp3) is 0.458. The van der Waals surface area contributed by atoms with Gasteiger partial charge in [-0.15, -0.1) is 0 Å². The topological polar surface area (TPSA) is 107 Å². The van der Waals surface area contributed by atoms with Gasteiger partial charge in [0, 0.05) is 6.61 Å². The average Bonchev–Trinajstić information content (AvgIpc) is 2.72. The third-order valence-electron chi connectivity index (χ3n) is 5.12. The summed E-state index contributed by atoms with van der Waals surface area (Å²) in [6, 6.07) is 11.4. The van der Waals surface area contributed by atoms with E-state index >= 15 is 0 Å². The Bertz CT molecular complexity index is 785. The van der Waals surface area contributed by atoms with Gasteiger partial charge in [-0.3, -0.25) is 0 Å². The van der Waals surface area contributed by atoms with Crippen LogP contribution in [0.4, 0.5) is 0 Å². The molecule has 0 radical (unpaired) electrons. The molecule has 2 atom stereocenters. The van der Waals surface area contributed by atoms with Crippen LogP contribution in [-0.4, -0.2) is 39.1 Å². The molecule has 0 heterocycles. The second-order valence-corrected chi connectivity index (χ2v) is 7.65. The van der Waals surface area contributed by atoms with Crippen molar-refractivity contribution in [2.45, 2.75) is 64.1 Å². The predicted molar refractivity (Wildman–Crippen MR) is 115 cm³/mol. The van der Waals surface area contributed by atoms with E-state index in [1.54, 1.807) is 25.1 Å². The minimum absolute atomic E-state index is 0.0687. The predicted octanol–water partition coefficient (Wildman–Crippen LogP) is 4.82. The molecular formula is C24H32O6. The first-order valence-electron chi connectivity index (χ1n) is 10.5. The molecular weight excluding hydrogens is 384 g/mol. The summed E-state index contributed by atoms with van der Waals surface area (Å²) in [6.07, 6.45) is 6.07. The van der Waals surface area contributed by atoms with Gasteiger partial charge in [0.05, 0.1) is 11.7 Å². The summed E-state index contributed by atoms with van der Waals surface area (Å²) < 4.78 is 5.85. The lowest BCUT2D eigenvalue weighted by molar-refractivity contribution is -0.0325. The number of phenolic OH excluding ortho intramolecular Hbond substituents is 2. The number of aromatic carboxylic acids is 1. The van der Waals surface area contributed by atoms with Gasteiger partial charge in [0.1, 0.15) is 6.10 Å². The molecule has 0 spiro atoms. The Balaban J connectivity index is 1.60. The van der Waals surface area contributed by atoms with Gasteiger partial charge < -0.3 is 25.2 Å². The standard InChI is InChI=1S/C24H32O6/c1-17(25)23(19-10-12-20(13-11-19)24(28)29)30-15-7-5-3-2-4-6-8-18-9-14-21(26)22(27)16-18/h9-14,16-17,23,25-27H,2-8,15H2,1H3,(H,28,29). The average molecular weight is 417 g/mol. The number of carboxylic acid groups (broad SMARTS) is 1. The lowest BCUT2D eigenvalue weighted by Gasteiger charge is -2.21. The van der Waals surface area contributed by atoms with Gasteiger partial charge in [-0.25, -0.2) is 4.79 Å². The fourth-order valence-corrected chi connectivity index (χ4v) is 3.40. The molecule has 164 valence electrons. The van der Waals surface area contributed by atoms with E-state index in [0.717, 1.165) is 56.1 Å². The number of ether oxygens (including phenoxy) is 1. The lowest BCUT2D eigenvalue weighted by Crippen LogP contribution is -2.18. The van der Waals surface area contributed by atoms with E-state index in [-0.39, 0.29) is 17.1 Å². The van der Waals surface area contributed by atoms with Crippen LogP contribution in [0.1, 0.15) is 73.0 Å². The minimum atomic E-state index is -0.975. The van der Waals surface area contributed by atoms with Gasteiger partial charge in [-0.2, -0.15) is 0 Å². The fourth-order valence-electron chi connectivity index (χ4n) is 3.40. The van der Waals surface area contributed by atoms with Crippen molar-refractivity contribution in [3.8, 4) is 11.5 Å². The van der Waals surface area contributed by atoms with Gasteiger partial charge in [-0.05, 0) is 61.6 Å². The molecule has 0 fully saturated rings. The first kappa shape index (κ1) is 23.7. The minimum Gasteiger partial charge on any atom is -0.504 e. The number of aliphatic hydroxyl groups is 1. The zero-order valence-corrected chi connectivity index (χ0v) is 17.5. The number of aromatic hydroxyl groups is 2. The number of rotatable bonds is 13. The van der Waals surface area contributed by atoms with Gasteiger partial charge in [0.25, 0.3) is 0 Å². The summed E-state index contributed by atoms with van der Waals surface area (Å²) in [6.45, 7) is 2.21. The third-order valence-corrected chi connectivity index (χ3v) is 5.12. The highest BCUT2D eigenvalue weighted by molar-refractivity contribution is 5.87. The van der Waals surface area contributed by atoms with Gasteiger partial charge in [-0.1, -0.05) is 43.9 Å². The van der Waals surface area contributed by atoms with E-state index in [9.17, 15) is 20.1 Å². The van der Waals surface area contributed by atoms with Crippen molar-refractivity contribution in [3.63, 3.8) is 0 Å². The second-order valence-electron chi connectivity index (χ2n) is 7.65. The third kappa shape index (κ3) is 7.69. The SMILES string of the molecule is CC(O)C(OCCCCCCCCc1ccc(O)c(O)c1)c1ccc(C(=O)O)cc1. The number of benzene rings is 2. The molecule has 0 aliphatic heterocycles. The number of carbonyl (C=O) groups is 1. The highest BCUT2D eigenvalue weighted by Crippen LogP contribution is 2.26. The Morgan fingerprint density at radius 1 is 0.900 bits per heavy atom. The number of hydrogen-bond acceptors (Lipinski definition) is 5. The van der Waals surface area contributed by atoms with Crippen molar-refractivity contribution in [1.82, 2.24) is 0 Å². The molecule has 30 heavy (non-hydrogen) atoms. The van der Waals surface area contributed by atoms with E-state index in [1.165, 1.54) is 18.2 Å². The van der Waals surface area contributed by atoms with Crippen molar-refractivity contribution < 1.29 is 30.0 Å². The first-order valence-corrected chi connectivity index (χ1v) is 10.5. The molecule has 0 saturated carbocycles. The monoisotopic (exact) mass is 416 g/mol. The maximum Gasteiger partial charge on any atom is 0.335 e. The van der Waals surface area contributed by atoms with E-state index in [2.05, 4.69) is 0 Å². The summed E-state index contributed by atoms with van der Waals surface area (Å²) in [5.74, 6) is -1.13. The zero-order valence-electron chi connectivity index (χ0n) is 17.5. The second kappa shape index (κ2) is 12.2. The number of unbranched alkanes of at least 4 members (excludes halogenated alkanes) is 5. The molecule has 2 unspecified atom stereocenters. The van der Waals surface area contributed by atoms with Crippen LogP contribution in [0.2, 0.25) is 0 Å². The molecule has 0 amide bonds. The number of carboxylic acids is 1. The summed E-state index contributed by atoms with van der Waals surface area (Å²) in [7, 11) is 0. The molecule has 2 rings (SSSR count). The van der Waals surface area contributed by atoms with Crippen LogP contribution in [0.25, 0.3) is 0 Å². The maximum absolute atomic E-state index is 11.0. The number of hydrogen-bond donors (Lipinski definition) is 4. The number of phenols is 2. The van der Waals surface area contributed by atoms with E-state index in [0.29, 0.717) is 6.61 Å². The van der Waals surface area contributed by atoms with Gasteiger partial charge >= 0.3 is 5.97 Å². The Morgan fingerprint density at radius 3 is 2.13 bits per heavy atom. The van der Waals surface area contributed by atoms with Crippen molar-refractivity contribution in [2.75, 3.05) is 6.61 Å². The van der Waals surface area contributed by atoms with Crippen LogP contribution in [0, 0.1) is 0 Å². The van der Waals surface area contributed by atoms with Crippen LogP contribution >= 0.6 is 0 Å². The Morgan fingerprint density at radius 2 is 1.53 bits per heavy atom. The molecule has 4 N–H and O–H groups in total. The van der Waals surface area contributed by atoms with E-state index < -0.39 is 18.2 Å². The molecule has 2 aromatic carbocycles. The van der Waals surface area contributed by atoms with Gasteiger partial charge in [0.15, 0.2) is 11.5 Å². The summed E-state index contributed by atoms with van der Waals surface area (Å²) in [4.78, 5) is 11.0. The largest absolute Gasteiger partial charge is 0.504 e. The first-order chi connectivity index (χ1) is 14.4. The normalized spacial score (nSPS) is 13.1. The van der Waals surface area contributed by atoms with Crippen molar-refractivity contribution in [2.24, 2.45) is 0 Å². The maximum atomic E-state index is 11.0. The van der Waals surface area contributed by atoms with E-state index in [4.69, 9.17) is 9.84 Å². The molecule has 6 heteroatoms. The molecule has 2 aromatic rings. The molecule has 0 aromatic heterocycles. The van der Waals surface area contributed by atoms with Crippen molar-refractivity contribution in [3.05, 3.63) is 59.2 Å². The Hall–Kier alpha value is -2.57. The van der Waals surface area contributed by atoms with Crippen LogP contribution < -0.4 is 0 Å². The molecule has 0 bridgehead atoms. The van der Waals surface area contributed by atoms with Crippen LogP contribution in [0.3, 0.4) is 0 Å². The quantitative estimate of drug-likeness (QED) is 0.275. The molecule has 6 nitrogen and oxygen atoms in total. The molecule has 0 aliphatic rings. The van der Waals surface area contributed by atoms with Crippen LogP contribution in [0.5, 0.6) is 11.5 Å². The Labute approximate surface area is 177 Å².